The Hall–Kier alpha value is -2.19. The topological polar surface area (TPSA) is 63.8 Å². The van der Waals surface area contributed by atoms with E-state index in [1.54, 1.807) is 16.3 Å². The van der Waals surface area contributed by atoms with E-state index >= 15 is 0 Å². The van der Waals surface area contributed by atoms with Gasteiger partial charge in [0, 0.05) is 10.9 Å². The summed E-state index contributed by atoms with van der Waals surface area (Å²) in [6.45, 7) is 0. The highest BCUT2D eigenvalue weighted by molar-refractivity contribution is 7.13. The Balaban J connectivity index is 1.63. The van der Waals surface area contributed by atoms with Gasteiger partial charge in [-0.15, -0.1) is 16.4 Å². The van der Waals surface area contributed by atoms with E-state index in [1.807, 2.05) is 0 Å². The van der Waals surface area contributed by atoms with Gasteiger partial charge in [0.25, 0.3) is 0 Å². The summed E-state index contributed by atoms with van der Waals surface area (Å²) in [5.74, 6) is -1.03. The van der Waals surface area contributed by atoms with E-state index in [2.05, 4.69) is 15.3 Å². The maximum atomic E-state index is 13.9. The van der Waals surface area contributed by atoms with Gasteiger partial charge in [0.05, 0.1) is 18.3 Å². The molecule has 0 bridgehead atoms. The van der Waals surface area contributed by atoms with Crippen LogP contribution in [0.1, 0.15) is 25.3 Å². The Labute approximate surface area is 140 Å². The molecule has 1 saturated carbocycles. The van der Waals surface area contributed by atoms with Crippen LogP contribution in [0.3, 0.4) is 0 Å². The third-order valence-electron chi connectivity index (χ3n) is 4.22. The first-order valence-corrected chi connectivity index (χ1v) is 8.51. The van der Waals surface area contributed by atoms with Crippen molar-refractivity contribution >= 4 is 11.3 Å². The van der Waals surface area contributed by atoms with E-state index < -0.39 is 17.7 Å². The lowest BCUT2D eigenvalue weighted by molar-refractivity contribution is 0.129. The van der Waals surface area contributed by atoms with Crippen LogP contribution < -0.4 is 0 Å². The summed E-state index contributed by atoms with van der Waals surface area (Å²) in [5, 5.41) is 20.2. The van der Waals surface area contributed by atoms with Gasteiger partial charge in [0.2, 0.25) is 0 Å². The molecule has 5 nitrogen and oxygen atoms in total. The van der Waals surface area contributed by atoms with Crippen LogP contribution >= 0.6 is 11.3 Å². The third-order valence-corrected chi connectivity index (χ3v) is 5.10. The zero-order valence-electron chi connectivity index (χ0n) is 12.6. The molecule has 2 atom stereocenters. The highest BCUT2D eigenvalue weighted by Gasteiger charge is 2.28. The van der Waals surface area contributed by atoms with Crippen LogP contribution in [0.15, 0.2) is 29.8 Å². The van der Waals surface area contributed by atoms with Crippen LogP contribution in [0, 0.1) is 11.6 Å². The first-order chi connectivity index (χ1) is 11.6. The highest BCUT2D eigenvalue weighted by Crippen LogP contribution is 2.32. The normalized spacial score (nSPS) is 20.6. The molecule has 3 aromatic rings. The number of nitrogens with zero attached hydrogens (tertiary/aromatic N) is 4. The quantitative estimate of drug-likeness (QED) is 0.788. The second-order valence-corrected chi connectivity index (χ2v) is 6.67. The molecule has 124 valence electrons. The molecule has 24 heavy (non-hydrogen) atoms. The zero-order valence-corrected chi connectivity index (χ0v) is 13.4. The van der Waals surface area contributed by atoms with Crippen LogP contribution in [0.5, 0.6) is 0 Å². The van der Waals surface area contributed by atoms with Crippen LogP contribution in [-0.4, -0.2) is 31.2 Å². The molecule has 1 aromatic carbocycles. The maximum absolute atomic E-state index is 13.9. The van der Waals surface area contributed by atoms with E-state index in [-0.39, 0.29) is 11.6 Å². The number of hydrogen-bond donors (Lipinski definition) is 1. The van der Waals surface area contributed by atoms with Gasteiger partial charge in [-0.05, 0) is 37.5 Å². The predicted octanol–water partition coefficient (Wildman–Crippen LogP) is 3.43. The number of halogens is 2. The van der Waals surface area contributed by atoms with Crippen molar-refractivity contribution in [2.45, 2.75) is 31.4 Å². The van der Waals surface area contributed by atoms with Crippen molar-refractivity contribution in [3.63, 3.8) is 0 Å². The molecule has 0 spiro atoms. The Morgan fingerprint density at radius 2 is 2.08 bits per heavy atom. The van der Waals surface area contributed by atoms with Crippen LogP contribution in [0.2, 0.25) is 0 Å². The zero-order chi connectivity index (χ0) is 16.7. The maximum Gasteiger partial charge on any atom is 0.133 e. The van der Waals surface area contributed by atoms with E-state index in [9.17, 15) is 13.9 Å². The highest BCUT2D eigenvalue weighted by atomic mass is 32.1. The molecular weight excluding hydrogens is 334 g/mol. The fourth-order valence-electron chi connectivity index (χ4n) is 2.96. The minimum absolute atomic E-state index is 0.0648. The Bertz CT molecular complexity index is 879. The lowest BCUT2D eigenvalue weighted by Crippen LogP contribution is -2.18. The smallest absolute Gasteiger partial charge is 0.133 e. The van der Waals surface area contributed by atoms with Gasteiger partial charge in [0.15, 0.2) is 0 Å². The molecule has 2 aromatic heterocycles. The predicted molar refractivity (Wildman–Crippen MR) is 85.4 cm³/mol. The number of aromatic nitrogens is 4. The van der Waals surface area contributed by atoms with Crippen molar-refractivity contribution in [3.8, 4) is 22.0 Å². The SMILES string of the molecule is O[C@@H]1CCC[C@H]1n1cc(-c2csc(-c3cc(F)ccc3F)n2)nn1. The number of aliphatic hydroxyl groups is 1. The van der Waals surface area contributed by atoms with Gasteiger partial charge in [-0.1, -0.05) is 5.21 Å². The fourth-order valence-corrected chi connectivity index (χ4v) is 3.79. The summed E-state index contributed by atoms with van der Waals surface area (Å²) in [6, 6.07) is 3.23. The first kappa shape index (κ1) is 15.3. The van der Waals surface area contributed by atoms with Gasteiger partial charge in [-0.3, -0.25) is 0 Å². The molecule has 8 heteroatoms. The number of aliphatic hydroxyl groups excluding tert-OH is 1. The van der Waals surface area contributed by atoms with E-state index in [0.29, 0.717) is 16.4 Å². The average Bonchev–Trinajstić information content (AvgIpc) is 3.28. The van der Waals surface area contributed by atoms with Gasteiger partial charge in [-0.25, -0.2) is 18.4 Å². The molecule has 1 N–H and O–H groups in total. The number of hydrogen-bond acceptors (Lipinski definition) is 5. The number of thiazole rings is 1. The number of benzene rings is 1. The molecule has 0 unspecified atom stereocenters. The summed E-state index contributed by atoms with van der Waals surface area (Å²) < 4.78 is 28.9. The Kier molecular flexibility index (Phi) is 3.85. The van der Waals surface area contributed by atoms with Crippen molar-refractivity contribution in [2.75, 3.05) is 0 Å². The van der Waals surface area contributed by atoms with Gasteiger partial charge in [-0.2, -0.15) is 0 Å². The standard InChI is InChI=1S/C16H14F2N4OS/c17-9-4-5-11(18)10(6-9)16-19-13(8-24-16)12-7-22(21-20-12)14-2-1-3-15(14)23/h4-8,14-15,23H,1-3H2/t14-,15-/m1/s1. The van der Waals surface area contributed by atoms with E-state index in [0.717, 1.165) is 37.5 Å². The summed E-state index contributed by atoms with van der Waals surface area (Å²) in [6.07, 6.45) is 3.91. The molecule has 1 aliphatic rings. The minimum atomic E-state index is -0.518. The second-order valence-electron chi connectivity index (χ2n) is 5.81. The Morgan fingerprint density at radius 3 is 2.88 bits per heavy atom. The van der Waals surface area contributed by atoms with Crippen molar-refractivity contribution < 1.29 is 13.9 Å². The molecule has 0 radical (unpaired) electrons. The van der Waals surface area contributed by atoms with Gasteiger partial charge in [0.1, 0.15) is 28.0 Å². The number of rotatable bonds is 3. The van der Waals surface area contributed by atoms with Crippen molar-refractivity contribution in [1.29, 1.82) is 0 Å². The monoisotopic (exact) mass is 348 g/mol. The summed E-state index contributed by atoms with van der Waals surface area (Å²) >= 11 is 1.22. The molecular formula is C16H14F2N4OS. The molecule has 2 heterocycles. The van der Waals surface area contributed by atoms with Crippen molar-refractivity contribution in [3.05, 3.63) is 41.4 Å². The fraction of sp³-hybridized carbons (Fsp3) is 0.312. The molecule has 1 fully saturated rings. The largest absolute Gasteiger partial charge is 0.391 e. The molecule has 0 amide bonds. The van der Waals surface area contributed by atoms with E-state index in [4.69, 9.17) is 0 Å². The van der Waals surface area contributed by atoms with Gasteiger partial charge < -0.3 is 5.11 Å². The van der Waals surface area contributed by atoms with E-state index in [1.165, 1.54) is 11.3 Å². The third kappa shape index (κ3) is 2.71. The summed E-state index contributed by atoms with van der Waals surface area (Å²) in [5.41, 5.74) is 1.23. The van der Waals surface area contributed by atoms with Crippen LogP contribution in [0.25, 0.3) is 22.0 Å². The molecule has 4 rings (SSSR count). The second kappa shape index (κ2) is 6.03. The molecule has 1 aliphatic carbocycles. The average molecular weight is 348 g/mol. The first-order valence-electron chi connectivity index (χ1n) is 7.63. The molecule has 0 saturated heterocycles. The van der Waals surface area contributed by atoms with Gasteiger partial charge >= 0.3 is 0 Å². The van der Waals surface area contributed by atoms with Crippen LogP contribution in [-0.2, 0) is 0 Å². The Morgan fingerprint density at radius 1 is 1.21 bits per heavy atom. The lowest BCUT2D eigenvalue weighted by Gasteiger charge is -2.13. The van der Waals surface area contributed by atoms with Crippen molar-refractivity contribution in [2.24, 2.45) is 0 Å². The minimum Gasteiger partial charge on any atom is -0.391 e. The van der Waals surface area contributed by atoms with Crippen molar-refractivity contribution in [1.82, 2.24) is 20.0 Å². The molecule has 0 aliphatic heterocycles. The summed E-state index contributed by atoms with van der Waals surface area (Å²) in [7, 11) is 0. The lowest BCUT2D eigenvalue weighted by atomic mass is 10.2. The summed E-state index contributed by atoms with van der Waals surface area (Å²) in [4.78, 5) is 4.35. The van der Waals surface area contributed by atoms with Crippen LogP contribution in [0.4, 0.5) is 8.78 Å².